The van der Waals surface area contributed by atoms with Gasteiger partial charge in [0.05, 0.1) is 17.6 Å². The Labute approximate surface area is 171 Å². The maximum Gasteiger partial charge on any atom is 0.292 e. The number of para-hydroxylation sites is 1. The molecule has 1 heterocycles. The van der Waals surface area contributed by atoms with Crippen molar-refractivity contribution in [2.75, 3.05) is 6.61 Å². The Balaban J connectivity index is 1.85. The molecule has 30 heavy (non-hydrogen) atoms. The lowest BCUT2D eigenvalue weighted by atomic mass is 10.1. The number of benzene rings is 2. The Morgan fingerprint density at radius 2 is 1.87 bits per heavy atom. The highest BCUT2D eigenvalue weighted by molar-refractivity contribution is 6.05. The lowest BCUT2D eigenvalue weighted by Gasteiger charge is -2.10. The van der Waals surface area contributed by atoms with Crippen LogP contribution < -0.4 is 20.8 Å². The Bertz CT molecular complexity index is 1170. The van der Waals surface area contributed by atoms with Crippen molar-refractivity contribution in [3.05, 3.63) is 70.1 Å². The van der Waals surface area contributed by atoms with Gasteiger partial charge in [-0.05, 0) is 24.6 Å². The van der Waals surface area contributed by atoms with Gasteiger partial charge >= 0.3 is 0 Å². The van der Waals surface area contributed by atoms with Crippen molar-refractivity contribution in [1.82, 2.24) is 15.2 Å². The van der Waals surface area contributed by atoms with Gasteiger partial charge in [0, 0.05) is 17.5 Å². The molecule has 154 valence electrons. The van der Waals surface area contributed by atoms with Crippen LogP contribution in [0.25, 0.3) is 10.8 Å². The predicted octanol–water partition coefficient (Wildman–Crippen LogP) is 0.699. The van der Waals surface area contributed by atoms with Gasteiger partial charge in [0.25, 0.3) is 11.5 Å². The highest BCUT2D eigenvalue weighted by Crippen LogP contribution is 2.16. The molecule has 0 bridgehead atoms. The number of carboxylic acids is 1. The Morgan fingerprint density at radius 3 is 2.60 bits per heavy atom. The number of aromatic nitrogens is 2. The largest absolute Gasteiger partial charge is 0.546 e. The van der Waals surface area contributed by atoms with Crippen LogP contribution in [0, 0.1) is 0 Å². The van der Waals surface area contributed by atoms with E-state index in [2.05, 4.69) is 15.6 Å². The smallest absolute Gasteiger partial charge is 0.292 e. The molecule has 9 nitrogen and oxygen atoms in total. The summed E-state index contributed by atoms with van der Waals surface area (Å²) >= 11 is 0. The number of hydrogen-bond acceptors (Lipinski definition) is 7. The Kier molecular flexibility index (Phi) is 6.53. The predicted molar refractivity (Wildman–Crippen MR) is 108 cm³/mol. The lowest BCUT2D eigenvalue weighted by Crippen LogP contribution is -2.29. The second-order valence-corrected chi connectivity index (χ2v) is 6.32. The summed E-state index contributed by atoms with van der Waals surface area (Å²) in [6.07, 6.45) is 2.01. The molecular weight excluding hydrogens is 388 g/mol. The third-order valence-corrected chi connectivity index (χ3v) is 4.15. The van der Waals surface area contributed by atoms with Gasteiger partial charge in [-0.3, -0.25) is 9.59 Å². The van der Waals surface area contributed by atoms with Crippen LogP contribution in [0.4, 0.5) is 0 Å². The molecule has 0 radical (unpaired) electrons. The number of aliphatic carboxylic acids is 1. The molecule has 3 aromatic rings. The first-order valence-corrected chi connectivity index (χ1v) is 9.26. The van der Waals surface area contributed by atoms with Crippen molar-refractivity contribution in [1.29, 1.82) is 0 Å². The number of carbonyl (C=O) groups excluding carboxylic acids is 2. The van der Waals surface area contributed by atoms with Crippen LogP contribution in [-0.4, -0.2) is 34.5 Å². The average Bonchev–Trinajstić information content (AvgIpc) is 2.75. The van der Waals surface area contributed by atoms with Crippen molar-refractivity contribution >= 4 is 28.9 Å². The number of carbonyl (C=O) groups is 2. The van der Waals surface area contributed by atoms with Gasteiger partial charge in [-0.25, -0.2) is 10.1 Å². The van der Waals surface area contributed by atoms with E-state index in [1.54, 1.807) is 48.5 Å². The quantitative estimate of drug-likeness (QED) is 0.433. The molecule has 1 aromatic heterocycles. The molecule has 0 aliphatic heterocycles. The lowest BCUT2D eigenvalue weighted by molar-refractivity contribution is -0.307. The maximum atomic E-state index is 12.7. The number of nitrogens with zero attached hydrogens (tertiary/aromatic N) is 3. The highest BCUT2D eigenvalue weighted by Gasteiger charge is 2.16. The number of hydrazone groups is 1. The fourth-order valence-electron chi connectivity index (χ4n) is 2.83. The zero-order chi connectivity index (χ0) is 21.5. The first-order chi connectivity index (χ1) is 14.5. The number of ether oxygens (including phenoxy) is 1. The molecule has 0 saturated carbocycles. The van der Waals surface area contributed by atoms with Gasteiger partial charge < -0.3 is 14.6 Å². The molecule has 0 fully saturated rings. The van der Waals surface area contributed by atoms with Gasteiger partial charge in [0.2, 0.25) is 0 Å². The van der Waals surface area contributed by atoms with E-state index >= 15 is 0 Å². The van der Waals surface area contributed by atoms with Gasteiger partial charge in [0.1, 0.15) is 12.4 Å². The van der Waals surface area contributed by atoms with Crippen molar-refractivity contribution in [3.63, 3.8) is 0 Å². The van der Waals surface area contributed by atoms with Crippen LogP contribution in [-0.2, 0) is 11.3 Å². The van der Waals surface area contributed by atoms with E-state index in [0.29, 0.717) is 29.3 Å². The third-order valence-electron chi connectivity index (χ3n) is 4.15. The number of nitrogens with one attached hydrogen (secondary N) is 1. The first kappa shape index (κ1) is 20.7. The molecule has 1 N–H and O–H groups in total. The minimum absolute atomic E-state index is 0.0808. The second-order valence-electron chi connectivity index (χ2n) is 6.32. The summed E-state index contributed by atoms with van der Waals surface area (Å²) < 4.78 is 6.41. The molecule has 0 unspecified atom stereocenters. The van der Waals surface area contributed by atoms with E-state index in [9.17, 15) is 19.5 Å². The highest BCUT2D eigenvalue weighted by atomic mass is 16.5. The minimum atomic E-state index is -1.35. The van der Waals surface area contributed by atoms with E-state index in [1.807, 2.05) is 6.92 Å². The molecule has 0 aliphatic carbocycles. The summed E-state index contributed by atoms with van der Waals surface area (Å²) in [5.41, 5.74) is 2.68. The molecule has 0 aliphatic rings. The topological polar surface area (TPSA) is 126 Å². The number of rotatable bonds is 8. The van der Waals surface area contributed by atoms with Crippen LogP contribution in [0.15, 0.2) is 58.4 Å². The molecule has 2 aromatic carbocycles. The Hall–Kier alpha value is -4.01. The van der Waals surface area contributed by atoms with Gasteiger partial charge in [-0.15, -0.1) is 0 Å². The van der Waals surface area contributed by atoms with E-state index in [1.165, 1.54) is 10.9 Å². The van der Waals surface area contributed by atoms with Crippen molar-refractivity contribution < 1.29 is 19.4 Å². The number of carboxylic acid groups (broad SMARTS) is 1. The van der Waals surface area contributed by atoms with Crippen LogP contribution >= 0.6 is 0 Å². The van der Waals surface area contributed by atoms with E-state index in [0.717, 1.165) is 0 Å². The third kappa shape index (κ3) is 4.69. The Morgan fingerprint density at radius 1 is 1.17 bits per heavy atom. The standard InChI is InChI=1S/C21H20N4O5/c1-2-11-25-21(29)16-9-5-4-8-15(16)19(24-25)20(28)23-22-12-14-7-3-6-10-17(14)30-13-18(26)27/h3-10,12H,2,11,13H2,1H3,(H,23,28)(H,26,27)/p-1/b22-12-. The van der Waals surface area contributed by atoms with Crippen LogP contribution in [0.5, 0.6) is 5.75 Å². The summed E-state index contributed by atoms with van der Waals surface area (Å²) in [6.45, 7) is 1.69. The molecule has 0 atom stereocenters. The van der Waals surface area contributed by atoms with E-state index < -0.39 is 18.5 Å². The number of hydrogen-bond donors (Lipinski definition) is 1. The van der Waals surface area contributed by atoms with Gasteiger partial charge in [-0.2, -0.15) is 10.2 Å². The fourth-order valence-corrected chi connectivity index (χ4v) is 2.83. The molecule has 3 rings (SSSR count). The summed E-state index contributed by atoms with van der Waals surface area (Å²) in [6, 6.07) is 13.4. The number of aryl methyl sites for hydroxylation is 1. The molecule has 9 heteroatoms. The van der Waals surface area contributed by atoms with Gasteiger partial charge in [-0.1, -0.05) is 37.3 Å². The fraction of sp³-hybridized carbons (Fsp3) is 0.190. The molecular formula is C21H19N4O5-. The molecule has 1 amide bonds. The maximum absolute atomic E-state index is 12.7. The summed E-state index contributed by atoms with van der Waals surface area (Å²) in [5, 5.41) is 19.5. The van der Waals surface area contributed by atoms with Gasteiger partial charge in [0.15, 0.2) is 5.69 Å². The number of amides is 1. The van der Waals surface area contributed by atoms with E-state index in [-0.39, 0.29) is 17.0 Å². The summed E-state index contributed by atoms with van der Waals surface area (Å²) in [4.78, 5) is 35.8. The minimum Gasteiger partial charge on any atom is -0.546 e. The second kappa shape index (κ2) is 9.46. The van der Waals surface area contributed by atoms with Crippen LogP contribution in [0.3, 0.4) is 0 Å². The first-order valence-electron chi connectivity index (χ1n) is 9.26. The van der Waals surface area contributed by atoms with Crippen molar-refractivity contribution in [3.8, 4) is 5.75 Å². The SMILES string of the molecule is CCCn1nc(C(=O)N/N=C\c2ccccc2OCC(=O)[O-])c2ccccc2c1=O. The zero-order valence-electron chi connectivity index (χ0n) is 16.2. The summed E-state index contributed by atoms with van der Waals surface area (Å²) in [7, 11) is 0. The normalized spacial score (nSPS) is 11.0. The number of fused-ring (bicyclic) bond motifs is 1. The zero-order valence-corrected chi connectivity index (χ0v) is 16.2. The molecule has 0 spiro atoms. The van der Waals surface area contributed by atoms with Crippen LogP contribution in [0.2, 0.25) is 0 Å². The van der Waals surface area contributed by atoms with Crippen molar-refractivity contribution in [2.24, 2.45) is 5.10 Å². The average molecular weight is 407 g/mol. The van der Waals surface area contributed by atoms with Crippen LogP contribution in [0.1, 0.15) is 29.4 Å². The summed E-state index contributed by atoms with van der Waals surface area (Å²) in [5.74, 6) is -1.66. The van der Waals surface area contributed by atoms with Crippen molar-refractivity contribution in [2.45, 2.75) is 19.9 Å². The monoisotopic (exact) mass is 407 g/mol. The van der Waals surface area contributed by atoms with E-state index in [4.69, 9.17) is 4.74 Å². The molecule has 0 saturated heterocycles.